The van der Waals surface area contributed by atoms with Gasteiger partial charge in [0.05, 0.1) is 12.6 Å². The zero-order valence-electron chi connectivity index (χ0n) is 12.9. The summed E-state index contributed by atoms with van der Waals surface area (Å²) in [7, 11) is 1.77. The Labute approximate surface area is 121 Å². The van der Waals surface area contributed by atoms with Crippen LogP contribution in [0.1, 0.15) is 25.8 Å². The van der Waals surface area contributed by atoms with Gasteiger partial charge in [-0.2, -0.15) is 0 Å². The fourth-order valence-corrected chi connectivity index (χ4v) is 2.01. The number of rotatable bonds is 7. The summed E-state index contributed by atoms with van der Waals surface area (Å²) in [5.41, 5.74) is 7.05. The van der Waals surface area contributed by atoms with Crippen LogP contribution in [0.4, 0.5) is 0 Å². The van der Waals surface area contributed by atoms with Gasteiger partial charge in [-0.1, -0.05) is 26.0 Å². The van der Waals surface area contributed by atoms with E-state index in [1.54, 1.807) is 11.9 Å². The number of carbonyl (C=O) groups excluding carboxylic acids is 1. The molecule has 0 bridgehead atoms. The molecule has 20 heavy (non-hydrogen) atoms. The summed E-state index contributed by atoms with van der Waals surface area (Å²) in [6, 6.07) is 7.45. The average molecular weight is 278 g/mol. The number of hydrogen-bond donors (Lipinski definition) is 1. The lowest BCUT2D eigenvalue weighted by atomic mass is 10.0. The van der Waals surface area contributed by atoms with Crippen molar-refractivity contribution in [2.24, 2.45) is 11.7 Å². The molecular weight excluding hydrogens is 252 g/mol. The molecule has 1 atom stereocenters. The topological polar surface area (TPSA) is 55.6 Å². The normalized spacial score (nSPS) is 12.3. The van der Waals surface area contributed by atoms with Crippen molar-refractivity contribution in [3.8, 4) is 5.75 Å². The second-order valence-corrected chi connectivity index (χ2v) is 5.66. The third-order valence-corrected chi connectivity index (χ3v) is 3.10. The van der Waals surface area contributed by atoms with E-state index in [1.165, 1.54) is 0 Å². The standard InChI is InChI=1S/C16H26N2O2/c1-12(2)10-15(17)16(19)18(4)8-9-20-14-7-5-6-13(3)11-14/h5-7,11-12,15H,8-10,17H2,1-4H3. The second kappa shape index (κ2) is 7.90. The van der Waals surface area contributed by atoms with E-state index in [0.29, 0.717) is 25.5 Å². The van der Waals surface area contributed by atoms with Crippen LogP contribution in [-0.2, 0) is 4.79 Å². The third-order valence-electron chi connectivity index (χ3n) is 3.10. The van der Waals surface area contributed by atoms with Gasteiger partial charge in [0.1, 0.15) is 12.4 Å². The summed E-state index contributed by atoms with van der Waals surface area (Å²) in [5.74, 6) is 1.23. The van der Waals surface area contributed by atoms with Gasteiger partial charge in [-0.05, 0) is 37.0 Å². The van der Waals surface area contributed by atoms with Crippen LogP contribution < -0.4 is 10.5 Å². The molecule has 1 unspecified atom stereocenters. The fourth-order valence-electron chi connectivity index (χ4n) is 2.01. The molecule has 0 saturated heterocycles. The van der Waals surface area contributed by atoms with Gasteiger partial charge in [-0.25, -0.2) is 0 Å². The second-order valence-electron chi connectivity index (χ2n) is 5.66. The summed E-state index contributed by atoms with van der Waals surface area (Å²) in [6.45, 7) is 7.16. The van der Waals surface area contributed by atoms with Crippen LogP contribution >= 0.6 is 0 Å². The molecule has 4 nitrogen and oxygen atoms in total. The van der Waals surface area contributed by atoms with Crippen molar-refractivity contribution < 1.29 is 9.53 Å². The highest BCUT2D eigenvalue weighted by molar-refractivity contribution is 5.81. The van der Waals surface area contributed by atoms with Gasteiger partial charge in [0, 0.05) is 7.05 Å². The van der Waals surface area contributed by atoms with E-state index in [-0.39, 0.29) is 5.91 Å². The minimum Gasteiger partial charge on any atom is -0.492 e. The molecule has 0 aromatic heterocycles. The molecule has 1 amide bonds. The summed E-state index contributed by atoms with van der Waals surface area (Å²) in [6.07, 6.45) is 0.710. The number of amides is 1. The number of likely N-dealkylation sites (N-methyl/N-ethyl adjacent to an activating group) is 1. The summed E-state index contributed by atoms with van der Waals surface area (Å²) in [4.78, 5) is 13.7. The molecule has 4 heteroatoms. The minimum atomic E-state index is -0.418. The van der Waals surface area contributed by atoms with Crippen molar-refractivity contribution in [3.63, 3.8) is 0 Å². The first kappa shape index (κ1) is 16.5. The Kier molecular flexibility index (Phi) is 6.52. The number of aryl methyl sites for hydroxylation is 1. The molecule has 1 aromatic carbocycles. The molecule has 0 aliphatic rings. The van der Waals surface area contributed by atoms with Crippen molar-refractivity contribution in [2.45, 2.75) is 33.2 Å². The van der Waals surface area contributed by atoms with E-state index < -0.39 is 6.04 Å². The van der Waals surface area contributed by atoms with Crippen LogP contribution in [0, 0.1) is 12.8 Å². The van der Waals surface area contributed by atoms with Gasteiger partial charge in [0.25, 0.3) is 0 Å². The van der Waals surface area contributed by atoms with Crippen molar-refractivity contribution in [2.75, 3.05) is 20.2 Å². The van der Waals surface area contributed by atoms with Crippen LogP contribution in [0.5, 0.6) is 5.75 Å². The summed E-state index contributed by atoms with van der Waals surface area (Å²) in [5, 5.41) is 0. The Morgan fingerprint density at radius 2 is 2.10 bits per heavy atom. The average Bonchev–Trinajstić information content (AvgIpc) is 2.37. The molecular formula is C16H26N2O2. The van der Waals surface area contributed by atoms with E-state index in [2.05, 4.69) is 13.8 Å². The Balaban J connectivity index is 2.35. The first-order valence-electron chi connectivity index (χ1n) is 7.10. The van der Waals surface area contributed by atoms with Crippen LogP contribution in [0.25, 0.3) is 0 Å². The number of ether oxygens (including phenoxy) is 1. The highest BCUT2D eigenvalue weighted by atomic mass is 16.5. The number of nitrogens with two attached hydrogens (primary N) is 1. The van der Waals surface area contributed by atoms with E-state index in [0.717, 1.165) is 11.3 Å². The Hall–Kier alpha value is -1.55. The number of carbonyl (C=O) groups is 1. The first-order chi connectivity index (χ1) is 9.40. The predicted octanol–water partition coefficient (Wildman–Crippen LogP) is 2.21. The number of benzene rings is 1. The van der Waals surface area contributed by atoms with Gasteiger partial charge >= 0.3 is 0 Å². The number of nitrogens with zero attached hydrogens (tertiary/aromatic N) is 1. The Morgan fingerprint density at radius 3 is 2.70 bits per heavy atom. The molecule has 0 radical (unpaired) electrons. The molecule has 112 valence electrons. The van der Waals surface area contributed by atoms with Crippen molar-refractivity contribution in [1.29, 1.82) is 0 Å². The monoisotopic (exact) mass is 278 g/mol. The molecule has 0 saturated carbocycles. The minimum absolute atomic E-state index is 0.0217. The van der Waals surface area contributed by atoms with Crippen molar-refractivity contribution in [3.05, 3.63) is 29.8 Å². The Bertz CT molecular complexity index is 432. The van der Waals surface area contributed by atoms with E-state index >= 15 is 0 Å². The highest BCUT2D eigenvalue weighted by Gasteiger charge is 2.18. The fraction of sp³-hybridized carbons (Fsp3) is 0.562. The van der Waals surface area contributed by atoms with Crippen molar-refractivity contribution >= 4 is 5.91 Å². The molecule has 0 aliphatic carbocycles. The van der Waals surface area contributed by atoms with E-state index in [9.17, 15) is 4.79 Å². The summed E-state index contributed by atoms with van der Waals surface area (Å²) >= 11 is 0. The zero-order chi connectivity index (χ0) is 15.1. The lowest BCUT2D eigenvalue weighted by Crippen LogP contribution is -2.43. The lowest BCUT2D eigenvalue weighted by molar-refractivity contribution is -0.131. The van der Waals surface area contributed by atoms with Gasteiger partial charge in [-0.15, -0.1) is 0 Å². The zero-order valence-corrected chi connectivity index (χ0v) is 12.9. The maximum Gasteiger partial charge on any atom is 0.239 e. The SMILES string of the molecule is Cc1cccc(OCCN(C)C(=O)C(N)CC(C)C)c1. The van der Waals surface area contributed by atoms with Crippen LogP contribution in [-0.4, -0.2) is 37.0 Å². The molecule has 2 N–H and O–H groups in total. The molecule has 0 aliphatic heterocycles. The van der Waals surface area contributed by atoms with E-state index in [1.807, 2.05) is 31.2 Å². The highest BCUT2D eigenvalue weighted by Crippen LogP contribution is 2.12. The van der Waals surface area contributed by atoms with Crippen LogP contribution in [0.3, 0.4) is 0 Å². The largest absolute Gasteiger partial charge is 0.492 e. The Morgan fingerprint density at radius 1 is 1.40 bits per heavy atom. The third kappa shape index (κ3) is 5.61. The molecule has 1 aromatic rings. The smallest absolute Gasteiger partial charge is 0.239 e. The number of hydrogen-bond acceptors (Lipinski definition) is 3. The van der Waals surface area contributed by atoms with Crippen LogP contribution in [0.2, 0.25) is 0 Å². The first-order valence-corrected chi connectivity index (χ1v) is 7.10. The van der Waals surface area contributed by atoms with Gasteiger partial charge in [0.2, 0.25) is 5.91 Å². The molecule has 0 spiro atoms. The lowest BCUT2D eigenvalue weighted by Gasteiger charge is -2.22. The quantitative estimate of drug-likeness (QED) is 0.832. The maximum atomic E-state index is 12.0. The van der Waals surface area contributed by atoms with E-state index in [4.69, 9.17) is 10.5 Å². The summed E-state index contributed by atoms with van der Waals surface area (Å²) < 4.78 is 5.63. The van der Waals surface area contributed by atoms with Crippen LogP contribution in [0.15, 0.2) is 24.3 Å². The molecule has 0 heterocycles. The van der Waals surface area contributed by atoms with Gasteiger partial charge < -0.3 is 15.4 Å². The van der Waals surface area contributed by atoms with Gasteiger partial charge in [0.15, 0.2) is 0 Å². The predicted molar refractivity (Wildman–Crippen MR) is 81.7 cm³/mol. The van der Waals surface area contributed by atoms with Crippen molar-refractivity contribution in [1.82, 2.24) is 4.90 Å². The molecule has 1 rings (SSSR count). The maximum absolute atomic E-state index is 12.0. The van der Waals surface area contributed by atoms with Gasteiger partial charge in [-0.3, -0.25) is 4.79 Å². The molecule has 0 fully saturated rings.